The zero-order valence-corrected chi connectivity index (χ0v) is 19.8. The number of nitrogens with one attached hydrogen (secondary N) is 2. The second-order valence-electron chi connectivity index (χ2n) is 8.81. The number of hydrazine groups is 1. The van der Waals surface area contributed by atoms with E-state index in [1.807, 2.05) is 17.0 Å². The summed E-state index contributed by atoms with van der Waals surface area (Å²) in [5.74, 6) is -0.178. The Labute approximate surface area is 205 Å². The maximum absolute atomic E-state index is 13.6. The van der Waals surface area contributed by atoms with Crippen molar-refractivity contribution in [2.24, 2.45) is 10.2 Å². The normalized spacial score (nSPS) is 21.4. The number of thiophene rings is 1. The molecular weight excluding hydrogens is 468 g/mol. The Kier molecular flexibility index (Phi) is 5.67. The molecule has 3 aliphatic heterocycles. The van der Waals surface area contributed by atoms with Crippen LogP contribution in [0.15, 0.2) is 46.1 Å². The number of urea groups is 1. The zero-order valence-electron chi connectivity index (χ0n) is 19.0. The molecule has 4 aliphatic rings. The fourth-order valence-electron chi connectivity index (χ4n) is 4.90. The highest BCUT2D eigenvalue weighted by molar-refractivity contribution is 7.15. The number of hydrogen-bond acceptors (Lipinski definition) is 8. The lowest BCUT2D eigenvalue weighted by Gasteiger charge is -2.27. The number of Topliss-reactive ketones (excluding diaryl/α,β-unsaturated/α-hetero) is 1. The number of anilines is 1. The summed E-state index contributed by atoms with van der Waals surface area (Å²) in [5, 5.41) is 13.3. The van der Waals surface area contributed by atoms with E-state index in [1.165, 1.54) is 11.3 Å². The highest BCUT2D eigenvalue weighted by atomic mass is 32.1. The average molecular weight is 493 g/mol. The fraction of sp³-hybridized carbons (Fsp3) is 0.375. The van der Waals surface area contributed by atoms with Crippen LogP contribution in [0, 0.1) is 0 Å². The first-order chi connectivity index (χ1) is 17.1. The molecule has 10 nitrogen and oxygen atoms in total. The van der Waals surface area contributed by atoms with Crippen molar-refractivity contribution in [2.45, 2.75) is 18.9 Å². The van der Waals surface area contributed by atoms with Crippen molar-refractivity contribution < 1.29 is 19.1 Å². The summed E-state index contributed by atoms with van der Waals surface area (Å²) in [7, 11) is 0. The molecule has 2 N–H and O–H groups in total. The molecule has 1 atom stereocenters. The molecule has 2 aromatic rings. The number of ether oxygens (including phenoxy) is 1. The summed E-state index contributed by atoms with van der Waals surface area (Å²) in [6.07, 6.45) is 2.06. The fourth-order valence-corrected chi connectivity index (χ4v) is 5.88. The van der Waals surface area contributed by atoms with Gasteiger partial charge < -0.3 is 15.0 Å². The third kappa shape index (κ3) is 3.95. The van der Waals surface area contributed by atoms with Crippen LogP contribution in [-0.2, 0) is 4.74 Å². The molecule has 35 heavy (non-hydrogen) atoms. The first-order valence-electron chi connectivity index (χ1n) is 11.7. The number of azo groups is 1. The largest absolute Gasteiger partial charge is 0.379 e. The Morgan fingerprint density at radius 2 is 1.86 bits per heavy atom. The molecule has 4 heterocycles. The standard InChI is InChI=1S/C24H24N6O4S/c31-22-18-14(4-3-5-15(18)25-24(33)28-30-10-12-34-13-11-30)20-19(22)21(27-26-20)16-6-7-17(35-16)23(32)29-8-1-2-9-29/h3-7,20H,1-2,8-13H2,(H2,25,28,33). The van der Waals surface area contributed by atoms with Crippen molar-refractivity contribution in [3.05, 3.63) is 56.8 Å². The predicted octanol–water partition coefficient (Wildman–Crippen LogP) is 3.47. The highest BCUT2D eigenvalue weighted by Gasteiger charge is 2.42. The van der Waals surface area contributed by atoms with E-state index >= 15 is 0 Å². The third-order valence-electron chi connectivity index (χ3n) is 6.63. The number of amides is 3. The number of carbonyl (C=O) groups is 3. The molecule has 1 aliphatic carbocycles. The van der Waals surface area contributed by atoms with Crippen LogP contribution >= 0.6 is 11.3 Å². The van der Waals surface area contributed by atoms with Gasteiger partial charge in [0.05, 0.1) is 39.8 Å². The van der Waals surface area contributed by atoms with Gasteiger partial charge in [-0.2, -0.15) is 10.2 Å². The Bertz CT molecular complexity index is 1270. The third-order valence-corrected chi connectivity index (χ3v) is 7.71. The Morgan fingerprint density at radius 1 is 1.06 bits per heavy atom. The van der Waals surface area contributed by atoms with Gasteiger partial charge >= 0.3 is 6.03 Å². The van der Waals surface area contributed by atoms with E-state index in [4.69, 9.17) is 4.74 Å². The van der Waals surface area contributed by atoms with E-state index < -0.39 is 12.1 Å². The predicted molar refractivity (Wildman–Crippen MR) is 129 cm³/mol. The van der Waals surface area contributed by atoms with Gasteiger partial charge in [-0.15, -0.1) is 11.3 Å². The van der Waals surface area contributed by atoms with Crippen molar-refractivity contribution in [1.82, 2.24) is 15.3 Å². The molecule has 0 bridgehead atoms. The molecule has 180 valence electrons. The maximum atomic E-state index is 13.6. The number of rotatable bonds is 4. The van der Waals surface area contributed by atoms with Gasteiger partial charge in [0.2, 0.25) is 0 Å². The van der Waals surface area contributed by atoms with E-state index in [1.54, 1.807) is 23.2 Å². The summed E-state index contributed by atoms with van der Waals surface area (Å²) in [5.41, 5.74) is 5.39. The number of morpholine rings is 1. The Morgan fingerprint density at radius 3 is 2.66 bits per heavy atom. The Hall–Kier alpha value is -3.41. The minimum Gasteiger partial charge on any atom is -0.379 e. The van der Waals surface area contributed by atoms with Crippen LogP contribution in [0.2, 0.25) is 0 Å². The smallest absolute Gasteiger partial charge is 0.333 e. The van der Waals surface area contributed by atoms with E-state index in [-0.39, 0.29) is 11.7 Å². The van der Waals surface area contributed by atoms with Crippen LogP contribution in [0.1, 0.15) is 49.4 Å². The Balaban J connectivity index is 1.25. The first-order valence-corrected chi connectivity index (χ1v) is 12.5. The van der Waals surface area contributed by atoms with Crippen LogP contribution in [-0.4, -0.2) is 67.0 Å². The molecule has 1 aromatic carbocycles. The maximum Gasteiger partial charge on any atom is 0.333 e. The molecule has 0 spiro atoms. The molecule has 2 saturated heterocycles. The van der Waals surface area contributed by atoms with Crippen molar-refractivity contribution in [1.29, 1.82) is 0 Å². The molecule has 11 heteroatoms. The zero-order chi connectivity index (χ0) is 23.9. The van der Waals surface area contributed by atoms with Crippen LogP contribution in [0.4, 0.5) is 10.5 Å². The lowest BCUT2D eigenvalue weighted by molar-refractivity contribution is 0.0207. The molecule has 1 aromatic heterocycles. The van der Waals surface area contributed by atoms with Crippen molar-refractivity contribution in [3.8, 4) is 0 Å². The average Bonchev–Trinajstić information content (AvgIpc) is 3.66. The summed E-state index contributed by atoms with van der Waals surface area (Å²) in [6.45, 7) is 3.87. The lowest BCUT2D eigenvalue weighted by atomic mass is 10.1. The van der Waals surface area contributed by atoms with Gasteiger partial charge in [0.1, 0.15) is 11.7 Å². The number of likely N-dealkylation sites (tertiary alicyclic amines) is 1. The molecule has 1 unspecified atom stereocenters. The van der Waals surface area contributed by atoms with E-state index in [0.717, 1.165) is 36.4 Å². The highest BCUT2D eigenvalue weighted by Crippen LogP contribution is 2.49. The van der Waals surface area contributed by atoms with Gasteiger partial charge in [-0.05, 0) is 36.6 Å². The number of hydrogen-bond donors (Lipinski definition) is 2. The number of carbonyl (C=O) groups excluding carboxylic acids is 3. The number of fused-ring (bicyclic) bond motifs is 3. The van der Waals surface area contributed by atoms with Crippen molar-refractivity contribution in [2.75, 3.05) is 44.7 Å². The van der Waals surface area contributed by atoms with Gasteiger partial charge in [0, 0.05) is 26.2 Å². The minimum absolute atomic E-state index is 0.0228. The SMILES string of the molecule is O=C(Nc1cccc2c1C(=O)C1=C(c3ccc(C(=O)N4CCCC4)s3)N=NC12)NN1CCOCC1. The number of benzene rings is 1. The summed E-state index contributed by atoms with van der Waals surface area (Å²) >= 11 is 1.34. The summed E-state index contributed by atoms with van der Waals surface area (Å²) in [6, 6.07) is 8.07. The second kappa shape index (κ2) is 8.99. The van der Waals surface area contributed by atoms with E-state index in [2.05, 4.69) is 21.0 Å². The first kappa shape index (κ1) is 22.1. The topological polar surface area (TPSA) is 116 Å². The summed E-state index contributed by atoms with van der Waals surface area (Å²) in [4.78, 5) is 42.2. The van der Waals surface area contributed by atoms with Crippen LogP contribution < -0.4 is 10.7 Å². The molecule has 0 radical (unpaired) electrons. The van der Waals surface area contributed by atoms with Gasteiger partial charge in [0.15, 0.2) is 5.78 Å². The molecule has 3 amide bonds. The van der Waals surface area contributed by atoms with Gasteiger partial charge in [-0.3, -0.25) is 15.0 Å². The van der Waals surface area contributed by atoms with Crippen LogP contribution in [0.25, 0.3) is 5.70 Å². The summed E-state index contributed by atoms with van der Waals surface area (Å²) < 4.78 is 5.30. The second-order valence-corrected chi connectivity index (χ2v) is 9.89. The van der Waals surface area contributed by atoms with Gasteiger partial charge in [0.25, 0.3) is 5.91 Å². The van der Waals surface area contributed by atoms with E-state index in [9.17, 15) is 14.4 Å². The lowest BCUT2D eigenvalue weighted by Crippen LogP contribution is -2.49. The van der Waals surface area contributed by atoms with Crippen LogP contribution in [0.3, 0.4) is 0 Å². The number of ketones is 1. The van der Waals surface area contributed by atoms with Gasteiger partial charge in [-0.25, -0.2) is 9.80 Å². The van der Waals surface area contributed by atoms with Crippen LogP contribution in [0.5, 0.6) is 0 Å². The minimum atomic E-state index is -0.503. The van der Waals surface area contributed by atoms with Gasteiger partial charge in [-0.1, -0.05) is 12.1 Å². The van der Waals surface area contributed by atoms with E-state index in [0.29, 0.717) is 53.7 Å². The van der Waals surface area contributed by atoms with Crippen molar-refractivity contribution in [3.63, 3.8) is 0 Å². The molecular formula is C24H24N6O4S. The quantitative estimate of drug-likeness (QED) is 0.678. The molecule has 0 saturated carbocycles. The van der Waals surface area contributed by atoms with Crippen molar-refractivity contribution >= 4 is 40.4 Å². The monoisotopic (exact) mass is 492 g/mol. The number of nitrogens with zero attached hydrogens (tertiary/aromatic N) is 4. The molecule has 2 fully saturated rings. The molecule has 6 rings (SSSR count).